The van der Waals surface area contributed by atoms with Crippen LogP contribution in [0.3, 0.4) is 0 Å². The first-order valence-corrected chi connectivity index (χ1v) is 8.35. The molecule has 0 N–H and O–H groups in total. The maximum atomic E-state index is 12.0. The van der Waals surface area contributed by atoms with Crippen LogP contribution in [0.1, 0.15) is 12.5 Å². The van der Waals surface area contributed by atoms with E-state index in [1.807, 2.05) is 25.1 Å². The molecule has 0 radical (unpaired) electrons. The molecule has 0 saturated heterocycles. The number of ether oxygens (including phenoxy) is 1. The first-order valence-electron chi connectivity index (χ1n) is 6.55. The van der Waals surface area contributed by atoms with Crippen LogP contribution in [0.15, 0.2) is 46.5 Å². The summed E-state index contributed by atoms with van der Waals surface area (Å²) in [6.07, 6.45) is 2.13. The van der Waals surface area contributed by atoms with E-state index in [2.05, 4.69) is 23.2 Å². The molecule has 2 heterocycles. The molecule has 1 aromatic carbocycles. The maximum Gasteiger partial charge on any atom is 0.347 e. The summed E-state index contributed by atoms with van der Waals surface area (Å²) < 4.78 is 5.15. The van der Waals surface area contributed by atoms with Crippen LogP contribution in [0.4, 0.5) is 0 Å². The smallest absolute Gasteiger partial charge is 0.347 e. The molecule has 0 amide bonds. The first kappa shape index (κ1) is 13.6. The molecule has 2 aliphatic rings. The van der Waals surface area contributed by atoms with Gasteiger partial charge in [0.1, 0.15) is 9.93 Å². The number of carbonyl (C=O) groups excluding carboxylic acids is 1. The van der Waals surface area contributed by atoms with Crippen molar-refractivity contribution < 1.29 is 9.53 Å². The van der Waals surface area contributed by atoms with Crippen LogP contribution in [0.5, 0.6) is 0 Å². The summed E-state index contributed by atoms with van der Waals surface area (Å²) in [5, 5.41) is 1.01. The summed E-state index contributed by atoms with van der Waals surface area (Å²) >= 11 is 3.25. The van der Waals surface area contributed by atoms with Gasteiger partial charge in [-0.15, -0.1) is 11.8 Å². The molecular weight excluding hydrogens is 290 g/mol. The van der Waals surface area contributed by atoms with Crippen LogP contribution < -0.4 is 0 Å². The van der Waals surface area contributed by atoms with Crippen molar-refractivity contribution in [3.05, 3.63) is 52.0 Å². The quantitative estimate of drug-likeness (QED) is 0.797. The van der Waals surface area contributed by atoms with Crippen molar-refractivity contribution in [2.75, 3.05) is 18.9 Å². The third kappa shape index (κ3) is 2.60. The number of carbonyl (C=O) groups is 1. The average Bonchev–Trinajstić information content (AvgIpc) is 2.92. The molecule has 0 fully saturated rings. The number of thioether (sulfide) groups is 2. The zero-order valence-corrected chi connectivity index (χ0v) is 12.8. The fourth-order valence-electron chi connectivity index (χ4n) is 2.12. The lowest BCUT2D eigenvalue weighted by Gasteiger charge is -2.24. The van der Waals surface area contributed by atoms with Gasteiger partial charge in [-0.05, 0) is 12.5 Å². The highest BCUT2D eigenvalue weighted by Crippen LogP contribution is 2.47. The molecule has 0 unspecified atom stereocenters. The Balaban J connectivity index is 1.89. The minimum absolute atomic E-state index is 0.201. The largest absolute Gasteiger partial charge is 0.462 e. The lowest BCUT2D eigenvalue weighted by Crippen LogP contribution is -2.23. The van der Waals surface area contributed by atoms with Gasteiger partial charge in [0.2, 0.25) is 0 Å². The lowest BCUT2D eigenvalue weighted by molar-refractivity contribution is -0.137. The van der Waals surface area contributed by atoms with Crippen LogP contribution in [-0.4, -0.2) is 29.8 Å². The van der Waals surface area contributed by atoms with Gasteiger partial charge in [-0.1, -0.05) is 42.1 Å². The van der Waals surface area contributed by atoms with E-state index in [1.165, 1.54) is 10.5 Å². The van der Waals surface area contributed by atoms with Crippen LogP contribution in [0.2, 0.25) is 0 Å². The van der Waals surface area contributed by atoms with Crippen LogP contribution in [0.25, 0.3) is 4.91 Å². The molecule has 0 bridgehead atoms. The number of hydrogen-bond acceptors (Lipinski definition) is 5. The highest BCUT2D eigenvalue weighted by molar-refractivity contribution is 8.13. The van der Waals surface area contributed by atoms with Gasteiger partial charge in [0.05, 0.1) is 6.61 Å². The molecule has 0 atom stereocenters. The van der Waals surface area contributed by atoms with Gasteiger partial charge in [0.15, 0.2) is 0 Å². The van der Waals surface area contributed by atoms with Gasteiger partial charge in [-0.2, -0.15) is 0 Å². The van der Waals surface area contributed by atoms with Crippen LogP contribution in [0, 0.1) is 0 Å². The van der Waals surface area contributed by atoms with E-state index in [-0.39, 0.29) is 5.97 Å². The lowest BCUT2D eigenvalue weighted by atomic mass is 10.2. The summed E-state index contributed by atoms with van der Waals surface area (Å²) in [4.78, 5) is 16.1. The summed E-state index contributed by atoms with van der Waals surface area (Å²) in [6.45, 7) is 3.19. The third-order valence-electron chi connectivity index (χ3n) is 3.03. The molecule has 0 saturated carbocycles. The molecule has 5 heteroatoms. The molecule has 0 aliphatic carbocycles. The van der Waals surface area contributed by atoms with Crippen molar-refractivity contribution in [3.63, 3.8) is 0 Å². The zero-order chi connectivity index (χ0) is 13.9. The number of hydrogen-bond donors (Lipinski definition) is 0. The zero-order valence-electron chi connectivity index (χ0n) is 11.2. The molecule has 20 heavy (non-hydrogen) atoms. The second kappa shape index (κ2) is 5.97. The topological polar surface area (TPSA) is 29.5 Å². The van der Waals surface area contributed by atoms with Crippen molar-refractivity contribution in [2.24, 2.45) is 0 Å². The monoisotopic (exact) mass is 305 g/mol. The average molecular weight is 305 g/mol. The van der Waals surface area contributed by atoms with E-state index in [0.29, 0.717) is 6.61 Å². The van der Waals surface area contributed by atoms with Gasteiger partial charge in [-0.3, -0.25) is 0 Å². The summed E-state index contributed by atoms with van der Waals surface area (Å²) in [6, 6.07) is 10.3. The van der Waals surface area contributed by atoms with E-state index in [0.717, 1.165) is 22.2 Å². The van der Waals surface area contributed by atoms with Gasteiger partial charge in [0, 0.05) is 23.4 Å². The Bertz CT molecular complexity index is 581. The molecule has 0 spiro atoms. The maximum absolute atomic E-state index is 12.0. The molecule has 2 aliphatic heterocycles. The van der Waals surface area contributed by atoms with Crippen LogP contribution in [-0.2, 0) is 9.53 Å². The van der Waals surface area contributed by atoms with Crippen molar-refractivity contribution in [2.45, 2.75) is 6.92 Å². The van der Waals surface area contributed by atoms with Gasteiger partial charge in [0.25, 0.3) is 0 Å². The SMILES string of the molecule is CCOC(=O)C1=C2SC(c3ccccc3)=CN2CCS1. The highest BCUT2D eigenvalue weighted by atomic mass is 32.2. The van der Waals surface area contributed by atoms with Gasteiger partial charge in [-0.25, -0.2) is 4.79 Å². The standard InChI is InChI=1S/C15H15NO2S2/c1-2-18-15(17)13-14-16(8-9-19-13)10-12(20-14)11-6-4-3-5-7-11/h3-7,10H,2,8-9H2,1H3. The molecule has 0 aromatic heterocycles. The van der Waals surface area contributed by atoms with Crippen molar-refractivity contribution >= 4 is 34.4 Å². The van der Waals surface area contributed by atoms with E-state index in [1.54, 1.807) is 23.5 Å². The molecule has 3 rings (SSSR count). The predicted octanol–water partition coefficient (Wildman–Crippen LogP) is 3.51. The Kier molecular flexibility index (Phi) is 4.08. The predicted molar refractivity (Wildman–Crippen MR) is 84.8 cm³/mol. The molecule has 3 nitrogen and oxygen atoms in total. The van der Waals surface area contributed by atoms with E-state index >= 15 is 0 Å². The van der Waals surface area contributed by atoms with Crippen molar-refractivity contribution in [1.82, 2.24) is 4.90 Å². The number of nitrogens with zero attached hydrogens (tertiary/aromatic N) is 1. The van der Waals surface area contributed by atoms with Gasteiger partial charge >= 0.3 is 5.97 Å². The molecule has 1 aromatic rings. The van der Waals surface area contributed by atoms with E-state index < -0.39 is 0 Å². The Labute approximate surface area is 127 Å². The Morgan fingerprint density at radius 2 is 2.15 bits per heavy atom. The second-order valence-electron chi connectivity index (χ2n) is 4.36. The Hall–Kier alpha value is -1.33. The minimum Gasteiger partial charge on any atom is -0.462 e. The summed E-state index contributed by atoms with van der Waals surface area (Å²) in [5.41, 5.74) is 1.19. The fourth-order valence-corrected chi connectivity index (χ4v) is 4.41. The van der Waals surface area contributed by atoms with E-state index in [4.69, 9.17) is 4.74 Å². The third-order valence-corrected chi connectivity index (χ3v) is 5.39. The highest BCUT2D eigenvalue weighted by Gasteiger charge is 2.31. The summed E-state index contributed by atoms with van der Waals surface area (Å²) in [7, 11) is 0. The number of fused-ring (bicyclic) bond motifs is 1. The number of rotatable bonds is 3. The minimum atomic E-state index is -0.201. The molecular formula is C15H15NO2S2. The Morgan fingerprint density at radius 3 is 2.90 bits per heavy atom. The Morgan fingerprint density at radius 1 is 1.35 bits per heavy atom. The van der Waals surface area contributed by atoms with Crippen molar-refractivity contribution in [3.8, 4) is 0 Å². The van der Waals surface area contributed by atoms with Gasteiger partial charge < -0.3 is 9.64 Å². The van der Waals surface area contributed by atoms with E-state index in [9.17, 15) is 4.79 Å². The fraction of sp³-hybridized carbons (Fsp3) is 0.267. The number of benzene rings is 1. The van der Waals surface area contributed by atoms with Crippen LogP contribution >= 0.6 is 23.5 Å². The first-order chi connectivity index (χ1) is 9.79. The number of esters is 1. The second-order valence-corrected chi connectivity index (χ2v) is 6.49. The van der Waals surface area contributed by atoms with Crippen molar-refractivity contribution in [1.29, 1.82) is 0 Å². The molecule has 104 valence electrons. The summed E-state index contributed by atoms with van der Waals surface area (Å²) in [5.74, 6) is 0.712. The normalized spacial score (nSPS) is 17.9.